The number of hydrogen-bond acceptors (Lipinski definition) is 6. The number of nitrogens with one attached hydrogen (secondary N) is 2. The molecular weight excluding hydrogens is 505 g/mol. The molecule has 9 nitrogen and oxygen atoms in total. The lowest BCUT2D eigenvalue weighted by Crippen LogP contribution is -2.50. The Kier molecular flexibility index (Phi) is 7.69. The Morgan fingerprint density at radius 3 is 2.71 bits per heavy atom. The highest BCUT2D eigenvalue weighted by Gasteiger charge is 2.63. The number of Topliss-reactive ketones (excluding diaryl/α,β-unsaturated/α-hetero) is 1. The van der Waals surface area contributed by atoms with E-state index >= 15 is 0 Å². The summed E-state index contributed by atoms with van der Waals surface area (Å²) in [6.07, 6.45) is -3.06. The fourth-order valence-corrected chi connectivity index (χ4v) is 5.37. The number of carbonyl (C=O) groups is 3. The van der Waals surface area contributed by atoms with E-state index in [2.05, 4.69) is 10.3 Å². The second-order valence-corrected chi connectivity index (χ2v) is 9.79. The molecule has 4 atom stereocenters. The van der Waals surface area contributed by atoms with Crippen LogP contribution in [0.5, 0.6) is 5.75 Å². The standard InChI is InChI=1S/C26H29F3N4O5/c1-37-22-9-5-7-18-17(22)11-19(32-18)24(36)33-14-25(38-2,26(27,28)29)12-20(33)23(35)31-16(13-30)10-15-6-3-4-8-21(15)34/h5,7,9,11,15-16,20,32H,3-4,6,8,10,12,14H2,1-2H3,(H,31,35)/t15-,16-,20-,25-/m0/s1. The topological polar surface area (TPSA) is 125 Å². The number of amides is 2. The molecule has 12 heteroatoms. The lowest BCUT2D eigenvalue weighted by molar-refractivity contribution is -0.263. The molecule has 0 bridgehead atoms. The number of alkyl halides is 3. The molecule has 0 spiro atoms. The minimum atomic E-state index is -4.87. The summed E-state index contributed by atoms with van der Waals surface area (Å²) < 4.78 is 52.6. The van der Waals surface area contributed by atoms with E-state index in [-0.39, 0.29) is 17.9 Å². The van der Waals surface area contributed by atoms with Crippen molar-refractivity contribution in [2.45, 2.75) is 62.4 Å². The normalized spacial score (nSPS) is 24.7. The number of ketones is 1. The smallest absolute Gasteiger partial charge is 0.419 e. The number of nitriles is 1. The first kappa shape index (κ1) is 27.4. The van der Waals surface area contributed by atoms with Gasteiger partial charge in [-0.15, -0.1) is 0 Å². The summed E-state index contributed by atoms with van der Waals surface area (Å²) in [5, 5.41) is 12.6. The SMILES string of the molecule is COc1cccc2[nH]c(C(=O)N3C[C@](OC)(C(F)(F)F)C[C@H]3C(=O)N[C@H](C#N)C[C@@H]3CCCCC3=O)cc12. The highest BCUT2D eigenvalue weighted by atomic mass is 19.4. The van der Waals surface area contributed by atoms with Crippen LogP contribution in [0.15, 0.2) is 24.3 Å². The number of halogens is 3. The van der Waals surface area contributed by atoms with E-state index < -0.39 is 54.6 Å². The van der Waals surface area contributed by atoms with E-state index in [1.165, 1.54) is 13.2 Å². The molecule has 4 rings (SSSR count). The third kappa shape index (κ3) is 5.07. The van der Waals surface area contributed by atoms with Gasteiger partial charge in [-0.3, -0.25) is 14.4 Å². The lowest BCUT2D eigenvalue weighted by atomic mass is 9.84. The van der Waals surface area contributed by atoms with Crippen LogP contribution in [0.4, 0.5) is 13.2 Å². The number of rotatable bonds is 7. The van der Waals surface area contributed by atoms with Gasteiger partial charge in [-0.25, -0.2) is 0 Å². The van der Waals surface area contributed by atoms with E-state index in [1.807, 2.05) is 6.07 Å². The van der Waals surface area contributed by atoms with Crippen molar-refractivity contribution in [3.63, 3.8) is 0 Å². The van der Waals surface area contributed by atoms with Gasteiger partial charge in [0.1, 0.15) is 29.3 Å². The van der Waals surface area contributed by atoms with Crippen LogP contribution in [0.2, 0.25) is 0 Å². The van der Waals surface area contributed by atoms with Crippen molar-refractivity contribution in [3.05, 3.63) is 30.0 Å². The number of aromatic amines is 1. The zero-order valence-corrected chi connectivity index (χ0v) is 21.1. The molecule has 1 aliphatic heterocycles. The molecule has 1 aliphatic carbocycles. The van der Waals surface area contributed by atoms with Crippen LogP contribution in [0.3, 0.4) is 0 Å². The number of ether oxygens (including phenoxy) is 2. The van der Waals surface area contributed by atoms with Crippen molar-refractivity contribution in [1.29, 1.82) is 5.26 Å². The second kappa shape index (κ2) is 10.6. The van der Waals surface area contributed by atoms with Crippen molar-refractivity contribution < 1.29 is 37.0 Å². The maximum atomic E-state index is 14.1. The van der Waals surface area contributed by atoms with Crippen LogP contribution >= 0.6 is 0 Å². The highest BCUT2D eigenvalue weighted by Crippen LogP contribution is 2.44. The highest BCUT2D eigenvalue weighted by molar-refractivity contribution is 6.02. The number of nitrogens with zero attached hydrogens (tertiary/aromatic N) is 2. The average Bonchev–Trinajstić information content (AvgIpc) is 3.52. The molecule has 1 aromatic heterocycles. The summed E-state index contributed by atoms with van der Waals surface area (Å²) in [7, 11) is 2.34. The van der Waals surface area contributed by atoms with Gasteiger partial charge in [-0.2, -0.15) is 18.4 Å². The van der Waals surface area contributed by atoms with Crippen LogP contribution in [-0.2, 0) is 14.3 Å². The van der Waals surface area contributed by atoms with Crippen LogP contribution in [0.1, 0.15) is 49.0 Å². The van der Waals surface area contributed by atoms with E-state index in [0.717, 1.165) is 24.9 Å². The van der Waals surface area contributed by atoms with Crippen molar-refractivity contribution >= 4 is 28.5 Å². The lowest BCUT2D eigenvalue weighted by Gasteiger charge is -2.29. The number of aromatic nitrogens is 1. The molecule has 2 N–H and O–H groups in total. The fraction of sp³-hybridized carbons (Fsp3) is 0.538. The molecule has 2 amide bonds. The van der Waals surface area contributed by atoms with Crippen molar-refractivity contribution in [1.82, 2.24) is 15.2 Å². The molecule has 2 fully saturated rings. The zero-order valence-electron chi connectivity index (χ0n) is 21.1. The Labute approximate surface area is 217 Å². The van der Waals surface area contributed by atoms with Gasteiger partial charge in [0.25, 0.3) is 5.91 Å². The average molecular weight is 535 g/mol. The van der Waals surface area contributed by atoms with Crippen LogP contribution in [0, 0.1) is 17.2 Å². The second-order valence-electron chi connectivity index (χ2n) is 9.79. The summed E-state index contributed by atoms with van der Waals surface area (Å²) >= 11 is 0. The Morgan fingerprint density at radius 2 is 2.08 bits per heavy atom. The molecule has 2 aliphatic rings. The molecule has 0 radical (unpaired) electrons. The first-order valence-corrected chi connectivity index (χ1v) is 12.3. The van der Waals surface area contributed by atoms with Gasteiger partial charge in [0, 0.05) is 36.8 Å². The Bertz CT molecular complexity index is 1270. The maximum Gasteiger partial charge on any atom is 0.419 e. The number of carbonyl (C=O) groups excluding carboxylic acids is 3. The van der Waals surface area contributed by atoms with Crippen molar-refractivity contribution in [2.75, 3.05) is 20.8 Å². The predicted octanol–water partition coefficient (Wildman–Crippen LogP) is 3.50. The third-order valence-corrected chi connectivity index (χ3v) is 7.54. The number of benzene rings is 1. The minimum absolute atomic E-state index is 0.00753. The number of fused-ring (bicyclic) bond motifs is 1. The molecule has 38 heavy (non-hydrogen) atoms. The van der Waals surface area contributed by atoms with Crippen LogP contribution in [-0.4, -0.2) is 72.1 Å². The van der Waals surface area contributed by atoms with Gasteiger partial charge < -0.3 is 24.7 Å². The summed E-state index contributed by atoms with van der Waals surface area (Å²) in [5.41, 5.74) is -2.26. The van der Waals surface area contributed by atoms with E-state index in [4.69, 9.17) is 9.47 Å². The molecule has 1 saturated heterocycles. The Morgan fingerprint density at radius 1 is 1.32 bits per heavy atom. The zero-order chi connectivity index (χ0) is 27.7. The molecular formula is C26H29F3N4O5. The largest absolute Gasteiger partial charge is 0.496 e. The molecule has 1 saturated carbocycles. The van der Waals surface area contributed by atoms with E-state index in [1.54, 1.807) is 18.2 Å². The minimum Gasteiger partial charge on any atom is -0.496 e. The molecule has 204 valence electrons. The quantitative estimate of drug-likeness (QED) is 0.560. The molecule has 0 unspecified atom stereocenters. The summed E-state index contributed by atoms with van der Waals surface area (Å²) in [5.74, 6) is -1.67. The summed E-state index contributed by atoms with van der Waals surface area (Å²) in [6.45, 7) is -0.908. The fourth-order valence-electron chi connectivity index (χ4n) is 5.37. The molecule has 2 aromatic rings. The van der Waals surface area contributed by atoms with Gasteiger partial charge in [-0.1, -0.05) is 12.5 Å². The summed E-state index contributed by atoms with van der Waals surface area (Å²) in [4.78, 5) is 42.7. The first-order chi connectivity index (χ1) is 18.0. The number of H-pyrrole nitrogens is 1. The van der Waals surface area contributed by atoms with Crippen molar-refractivity contribution in [2.24, 2.45) is 5.92 Å². The van der Waals surface area contributed by atoms with Crippen molar-refractivity contribution in [3.8, 4) is 11.8 Å². The first-order valence-electron chi connectivity index (χ1n) is 12.3. The number of likely N-dealkylation sites (tertiary alicyclic amines) is 1. The van der Waals surface area contributed by atoms with E-state index in [0.29, 0.717) is 29.5 Å². The van der Waals surface area contributed by atoms with E-state index in [9.17, 15) is 32.8 Å². The van der Waals surface area contributed by atoms with Gasteiger partial charge in [-0.05, 0) is 37.5 Å². The van der Waals surface area contributed by atoms with Gasteiger partial charge >= 0.3 is 6.18 Å². The van der Waals surface area contributed by atoms with Gasteiger partial charge in [0.15, 0.2) is 5.60 Å². The summed E-state index contributed by atoms with van der Waals surface area (Å²) in [6, 6.07) is 5.79. The monoisotopic (exact) mass is 534 g/mol. The predicted molar refractivity (Wildman–Crippen MR) is 129 cm³/mol. The molecule has 2 heterocycles. The van der Waals surface area contributed by atoms with Gasteiger partial charge in [0.2, 0.25) is 5.91 Å². The Balaban J connectivity index is 1.62. The van der Waals surface area contributed by atoms with Crippen LogP contribution in [0.25, 0.3) is 10.9 Å². The third-order valence-electron chi connectivity index (χ3n) is 7.54. The maximum absolute atomic E-state index is 14.1. The Hall–Kier alpha value is -3.59. The number of methoxy groups -OCH3 is 2. The number of hydrogen-bond donors (Lipinski definition) is 2. The van der Waals surface area contributed by atoms with Crippen LogP contribution < -0.4 is 10.1 Å². The van der Waals surface area contributed by atoms with Gasteiger partial charge in [0.05, 0.1) is 19.7 Å². The molecule has 1 aromatic carbocycles.